The van der Waals surface area contributed by atoms with Gasteiger partial charge in [-0.25, -0.2) is 8.42 Å². The highest BCUT2D eigenvalue weighted by atomic mass is 35.5. The number of anilines is 1. The number of aromatic nitrogens is 2. The SMILES string of the molecule is CCc1nc(-c2csc(S(=O)(=O)N3CCC[C@H](C(=O)Nc4ccc(Cl)cc4)C3)c2)no1. The maximum Gasteiger partial charge on any atom is 0.252 e. The molecule has 0 radical (unpaired) electrons. The Morgan fingerprint density at radius 2 is 2.13 bits per heavy atom. The average molecular weight is 481 g/mol. The first kappa shape index (κ1) is 21.9. The van der Waals surface area contributed by atoms with E-state index in [4.69, 9.17) is 16.1 Å². The van der Waals surface area contributed by atoms with Gasteiger partial charge in [-0.05, 0) is 43.2 Å². The Hall–Kier alpha value is -2.27. The van der Waals surface area contributed by atoms with Gasteiger partial charge in [0.05, 0.1) is 5.92 Å². The van der Waals surface area contributed by atoms with Crippen molar-refractivity contribution in [3.63, 3.8) is 0 Å². The molecule has 164 valence electrons. The van der Waals surface area contributed by atoms with Crippen LogP contribution in [0, 0.1) is 5.92 Å². The number of hydrogen-bond donors (Lipinski definition) is 1. The number of carbonyl (C=O) groups excluding carboxylic acids is 1. The molecule has 1 aliphatic heterocycles. The minimum atomic E-state index is -3.72. The summed E-state index contributed by atoms with van der Waals surface area (Å²) < 4.78 is 33.1. The molecule has 1 saturated heterocycles. The van der Waals surface area contributed by atoms with E-state index in [1.54, 1.807) is 35.7 Å². The summed E-state index contributed by atoms with van der Waals surface area (Å²) in [6.07, 6.45) is 1.85. The van der Waals surface area contributed by atoms with Gasteiger partial charge in [0.1, 0.15) is 4.21 Å². The summed E-state index contributed by atoms with van der Waals surface area (Å²) in [5.74, 6) is 0.237. The normalized spacial score (nSPS) is 17.5. The van der Waals surface area contributed by atoms with Crippen LogP contribution in [0.5, 0.6) is 0 Å². The standard InChI is InChI=1S/C20H21ClN4O4S2/c1-2-17-23-19(24-29-17)14-10-18(30-12-14)31(27,28)25-9-3-4-13(11-25)20(26)22-16-7-5-15(21)6-8-16/h5-8,10,12-13H,2-4,9,11H2,1H3,(H,22,26)/t13-/m0/s1. The molecule has 1 aliphatic rings. The molecule has 0 spiro atoms. The number of sulfonamides is 1. The maximum absolute atomic E-state index is 13.2. The van der Waals surface area contributed by atoms with Gasteiger partial charge in [-0.2, -0.15) is 9.29 Å². The van der Waals surface area contributed by atoms with Crippen LogP contribution < -0.4 is 5.32 Å². The Kier molecular flexibility index (Phi) is 6.42. The van der Waals surface area contributed by atoms with Crippen LogP contribution in [0.4, 0.5) is 5.69 Å². The van der Waals surface area contributed by atoms with E-state index in [1.807, 2.05) is 6.92 Å². The summed E-state index contributed by atoms with van der Waals surface area (Å²) in [5, 5.41) is 9.02. The van der Waals surface area contributed by atoms with Crippen LogP contribution in [0.15, 0.2) is 44.4 Å². The fraction of sp³-hybridized carbons (Fsp3) is 0.350. The maximum atomic E-state index is 13.2. The van der Waals surface area contributed by atoms with Crippen LogP contribution in [0.25, 0.3) is 11.4 Å². The van der Waals surface area contributed by atoms with Crippen molar-refractivity contribution in [3.8, 4) is 11.4 Å². The number of nitrogens with one attached hydrogen (secondary N) is 1. The average Bonchev–Trinajstić information content (AvgIpc) is 3.45. The molecule has 0 unspecified atom stereocenters. The first-order valence-corrected chi connectivity index (χ1v) is 12.5. The van der Waals surface area contributed by atoms with Crippen molar-refractivity contribution >= 4 is 44.6 Å². The minimum Gasteiger partial charge on any atom is -0.339 e. The summed E-state index contributed by atoms with van der Waals surface area (Å²) in [5.41, 5.74) is 1.23. The zero-order chi connectivity index (χ0) is 22.0. The Balaban J connectivity index is 1.47. The third-order valence-electron chi connectivity index (χ3n) is 5.06. The van der Waals surface area contributed by atoms with E-state index in [0.29, 0.717) is 53.8 Å². The molecule has 31 heavy (non-hydrogen) atoms. The number of carbonyl (C=O) groups is 1. The third-order valence-corrected chi connectivity index (χ3v) is 8.60. The van der Waals surface area contributed by atoms with Gasteiger partial charge in [0.2, 0.25) is 17.6 Å². The van der Waals surface area contributed by atoms with Gasteiger partial charge in [-0.15, -0.1) is 11.3 Å². The molecule has 1 aromatic carbocycles. The molecule has 4 rings (SSSR count). The Labute approximate surface area is 189 Å². The van der Waals surface area contributed by atoms with Gasteiger partial charge in [-0.3, -0.25) is 4.79 Å². The van der Waals surface area contributed by atoms with Crippen molar-refractivity contribution in [3.05, 3.63) is 46.6 Å². The zero-order valence-electron chi connectivity index (χ0n) is 16.7. The highest BCUT2D eigenvalue weighted by Gasteiger charge is 2.34. The number of nitrogens with zero attached hydrogens (tertiary/aromatic N) is 3. The first-order valence-electron chi connectivity index (χ1n) is 9.85. The molecular formula is C20H21ClN4O4S2. The monoisotopic (exact) mass is 480 g/mol. The number of aryl methyl sites for hydroxylation is 1. The van der Waals surface area contributed by atoms with E-state index >= 15 is 0 Å². The highest BCUT2D eigenvalue weighted by Crippen LogP contribution is 2.31. The molecule has 1 atom stereocenters. The molecule has 1 fully saturated rings. The van der Waals surface area contributed by atoms with Crippen molar-refractivity contribution in [2.45, 2.75) is 30.4 Å². The Morgan fingerprint density at radius 3 is 2.84 bits per heavy atom. The summed E-state index contributed by atoms with van der Waals surface area (Å²) in [6, 6.07) is 8.37. The van der Waals surface area contributed by atoms with Crippen LogP contribution in [-0.4, -0.2) is 41.9 Å². The van der Waals surface area contributed by atoms with Crippen LogP contribution in [-0.2, 0) is 21.2 Å². The Bertz CT molecular complexity index is 1170. The lowest BCUT2D eigenvalue weighted by molar-refractivity contribution is -0.120. The molecule has 3 heterocycles. The molecular weight excluding hydrogens is 460 g/mol. The number of piperidine rings is 1. The van der Waals surface area contributed by atoms with E-state index in [1.165, 1.54) is 4.31 Å². The number of halogens is 1. The summed E-state index contributed by atoms with van der Waals surface area (Å²) in [7, 11) is -3.72. The highest BCUT2D eigenvalue weighted by molar-refractivity contribution is 7.91. The number of thiophene rings is 1. The summed E-state index contributed by atoms with van der Waals surface area (Å²) in [4.78, 5) is 16.9. The third kappa shape index (κ3) is 4.82. The second-order valence-electron chi connectivity index (χ2n) is 7.22. The summed E-state index contributed by atoms with van der Waals surface area (Å²) >= 11 is 6.99. The molecule has 1 amide bonds. The van der Waals surface area contributed by atoms with Crippen molar-refractivity contribution in [2.75, 3.05) is 18.4 Å². The fourth-order valence-electron chi connectivity index (χ4n) is 3.36. The molecule has 0 aliphatic carbocycles. The lowest BCUT2D eigenvalue weighted by Crippen LogP contribution is -2.43. The molecule has 11 heteroatoms. The van der Waals surface area contributed by atoms with Crippen molar-refractivity contribution < 1.29 is 17.7 Å². The van der Waals surface area contributed by atoms with Gasteiger partial charge in [0, 0.05) is 41.2 Å². The second kappa shape index (κ2) is 9.07. The Morgan fingerprint density at radius 1 is 1.35 bits per heavy atom. The van der Waals surface area contributed by atoms with E-state index in [9.17, 15) is 13.2 Å². The number of rotatable bonds is 6. The lowest BCUT2D eigenvalue weighted by Gasteiger charge is -2.30. The zero-order valence-corrected chi connectivity index (χ0v) is 19.1. The molecule has 1 N–H and O–H groups in total. The van der Waals surface area contributed by atoms with Crippen molar-refractivity contribution in [2.24, 2.45) is 5.92 Å². The van der Waals surface area contributed by atoms with Crippen molar-refractivity contribution in [1.82, 2.24) is 14.4 Å². The van der Waals surface area contributed by atoms with E-state index in [0.717, 1.165) is 11.3 Å². The minimum absolute atomic E-state index is 0.136. The van der Waals surface area contributed by atoms with Gasteiger partial charge < -0.3 is 9.84 Å². The number of amides is 1. The number of benzene rings is 1. The largest absolute Gasteiger partial charge is 0.339 e. The molecule has 8 nitrogen and oxygen atoms in total. The van der Waals surface area contributed by atoms with Gasteiger partial charge in [0.25, 0.3) is 10.0 Å². The van der Waals surface area contributed by atoms with Crippen LogP contribution in [0.1, 0.15) is 25.7 Å². The first-order chi connectivity index (χ1) is 14.9. The van der Waals surface area contributed by atoms with Crippen LogP contribution in [0.2, 0.25) is 5.02 Å². The molecule has 0 saturated carbocycles. The van der Waals surface area contributed by atoms with Gasteiger partial charge in [0.15, 0.2) is 0 Å². The van der Waals surface area contributed by atoms with Crippen LogP contribution in [0.3, 0.4) is 0 Å². The topological polar surface area (TPSA) is 105 Å². The molecule has 0 bridgehead atoms. The molecule has 3 aromatic rings. The quantitative estimate of drug-likeness (QED) is 0.570. The fourth-order valence-corrected chi connectivity index (χ4v) is 6.32. The lowest BCUT2D eigenvalue weighted by atomic mass is 9.99. The van der Waals surface area contributed by atoms with Crippen LogP contribution >= 0.6 is 22.9 Å². The van der Waals surface area contributed by atoms with E-state index < -0.39 is 15.9 Å². The van der Waals surface area contributed by atoms with E-state index in [2.05, 4.69) is 15.5 Å². The second-order valence-corrected chi connectivity index (χ2v) is 10.7. The van der Waals surface area contributed by atoms with Crippen molar-refractivity contribution in [1.29, 1.82) is 0 Å². The molecule has 2 aromatic heterocycles. The van der Waals surface area contributed by atoms with Gasteiger partial charge >= 0.3 is 0 Å². The smallest absolute Gasteiger partial charge is 0.252 e. The summed E-state index contributed by atoms with van der Waals surface area (Å²) in [6.45, 7) is 2.41. The van der Waals surface area contributed by atoms with E-state index in [-0.39, 0.29) is 16.7 Å². The predicted octanol–water partition coefficient (Wildman–Crippen LogP) is 4.05. The van der Waals surface area contributed by atoms with Gasteiger partial charge in [-0.1, -0.05) is 23.7 Å². The predicted molar refractivity (Wildman–Crippen MR) is 119 cm³/mol. The number of hydrogen-bond acceptors (Lipinski definition) is 7.